The first-order valence-corrected chi connectivity index (χ1v) is 10.7. The molecule has 0 amide bonds. The Morgan fingerprint density at radius 2 is 1.63 bits per heavy atom. The average Bonchev–Trinajstić information content (AvgIpc) is 2.87. The van der Waals surface area contributed by atoms with Gasteiger partial charge in [-0.25, -0.2) is 0 Å². The van der Waals surface area contributed by atoms with Gasteiger partial charge in [-0.1, -0.05) is 75.0 Å². The van der Waals surface area contributed by atoms with Crippen LogP contribution in [0.4, 0.5) is 0 Å². The van der Waals surface area contributed by atoms with E-state index in [1.54, 1.807) is 0 Å². The zero-order chi connectivity index (χ0) is 19.0. The van der Waals surface area contributed by atoms with Gasteiger partial charge < -0.3 is 0 Å². The number of hydrogen-bond acceptors (Lipinski definition) is 0. The third kappa shape index (κ3) is 3.50. The van der Waals surface area contributed by atoms with E-state index in [0.717, 1.165) is 18.1 Å². The van der Waals surface area contributed by atoms with Crippen molar-refractivity contribution in [3.63, 3.8) is 0 Å². The van der Waals surface area contributed by atoms with Crippen LogP contribution in [0.2, 0.25) is 0 Å². The first-order chi connectivity index (χ1) is 13.0. The summed E-state index contributed by atoms with van der Waals surface area (Å²) in [6.07, 6.45) is 5.69. The molecule has 0 saturated carbocycles. The standard InChI is InChI=1S/C26H25I/c1-18-8-4-6-10-20(18)11-7-5-9-19-12-14-22-23-15-13-21(27)17-25(23)26(2,3)24(22)16-19/h4,6,8,10-17H,1,5,7,9H2,2-3H3/b20-11-. The van der Waals surface area contributed by atoms with E-state index in [-0.39, 0.29) is 5.41 Å². The summed E-state index contributed by atoms with van der Waals surface area (Å²) in [5.41, 5.74) is 7.28. The van der Waals surface area contributed by atoms with Gasteiger partial charge in [0.05, 0.1) is 0 Å². The first-order valence-electron chi connectivity index (χ1n) is 9.65. The van der Waals surface area contributed by atoms with Crippen molar-refractivity contribution in [2.75, 3.05) is 0 Å². The molecule has 4 rings (SSSR count). The predicted octanol–water partition coefficient (Wildman–Crippen LogP) is 5.81. The average molecular weight is 464 g/mol. The summed E-state index contributed by atoms with van der Waals surface area (Å²) in [7, 11) is 0. The Morgan fingerprint density at radius 3 is 2.41 bits per heavy atom. The lowest BCUT2D eigenvalue weighted by Crippen LogP contribution is -2.21. The molecule has 1 aliphatic carbocycles. The van der Waals surface area contributed by atoms with Crippen LogP contribution >= 0.6 is 22.6 Å². The number of benzene rings is 3. The Balaban J connectivity index is 1.54. The van der Waals surface area contributed by atoms with Crippen LogP contribution in [0.15, 0.2) is 60.7 Å². The fraction of sp³-hybridized carbons (Fsp3) is 0.231. The summed E-state index contributed by atoms with van der Waals surface area (Å²) in [5.74, 6) is 0. The molecule has 27 heavy (non-hydrogen) atoms. The number of fused-ring (bicyclic) bond motifs is 3. The molecule has 1 heteroatoms. The number of halogens is 1. The van der Waals surface area contributed by atoms with Crippen LogP contribution in [0, 0.1) is 3.57 Å². The van der Waals surface area contributed by atoms with E-state index in [9.17, 15) is 0 Å². The summed E-state index contributed by atoms with van der Waals surface area (Å²) in [6.45, 7) is 8.82. The molecule has 0 radical (unpaired) electrons. The van der Waals surface area contributed by atoms with Crippen molar-refractivity contribution >= 4 is 35.2 Å². The number of unbranched alkanes of at least 4 members (excludes halogenated alkanes) is 1. The van der Waals surface area contributed by atoms with Crippen molar-refractivity contribution in [1.29, 1.82) is 0 Å². The molecule has 0 heterocycles. The zero-order valence-corrected chi connectivity index (χ0v) is 18.2. The van der Waals surface area contributed by atoms with Gasteiger partial charge in [-0.2, -0.15) is 0 Å². The largest absolute Gasteiger partial charge is 0.0912 e. The van der Waals surface area contributed by atoms with E-state index < -0.39 is 0 Å². The van der Waals surface area contributed by atoms with Crippen LogP contribution in [-0.4, -0.2) is 0 Å². The second-order valence-electron chi connectivity index (χ2n) is 7.99. The molecule has 0 aliphatic heterocycles. The van der Waals surface area contributed by atoms with Gasteiger partial charge in [0.25, 0.3) is 0 Å². The zero-order valence-electron chi connectivity index (χ0n) is 16.1. The lowest BCUT2D eigenvalue weighted by atomic mass is 9.82. The van der Waals surface area contributed by atoms with E-state index in [4.69, 9.17) is 0 Å². The van der Waals surface area contributed by atoms with E-state index in [1.165, 1.54) is 43.0 Å². The monoisotopic (exact) mass is 464 g/mol. The van der Waals surface area contributed by atoms with Crippen LogP contribution < -0.4 is 10.4 Å². The Morgan fingerprint density at radius 1 is 0.926 bits per heavy atom. The Bertz CT molecular complexity index is 1110. The van der Waals surface area contributed by atoms with E-state index >= 15 is 0 Å². The molecule has 0 fully saturated rings. The van der Waals surface area contributed by atoms with Crippen molar-refractivity contribution < 1.29 is 0 Å². The molecule has 1 aliphatic rings. The molecule has 0 aromatic heterocycles. The van der Waals surface area contributed by atoms with Crippen LogP contribution in [0.3, 0.4) is 0 Å². The number of hydrogen-bond donors (Lipinski definition) is 0. The highest BCUT2D eigenvalue weighted by Gasteiger charge is 2.35. The molecular weight excluding hydrogens is 439 g/mol. The van der Waals surface area contributed by atoms with Crippen molar-refractivity contribution in [3.05, 3.63) is 91.4 Å². The molecule has 0 atom stereocenters. The van der Waals surface area contributed by atoms with Crippen molar-refractivity contribution in [2.24, 2.45) is 0 Å². The van der Waals surface area contributed by atoms with Gasteiger partial charge in [-0.3, -0.25) is 0 Å². The molecule has 0 spiro atoms. The number of rotatable bonds is 4. The van der Waals surface area contributed by atoms with Gasteiger partial charge in [0.15, 0.2) is 0 Å². The van der Waals surface area contributed by atoms with Crippen LogP contribution in [0.25, 0.3) is 23.8 Å². The van der Waals surface area contributed by atoms with Crippen molar-refractivity contribution in [2.45, 2.75) is 38.5 Å². The second kappa shape index (κ2) is 7.27. The topological polar surface area (TPSA) is 0 Å². The van der Waals surface area contributed by atoms with Gasteiger partial charge in [0, 0.05) is 8.99 Å². The Hall–Kier alpha value is -1.87. The highest BCUT2D eigenvalue weighted by atomic mass is 127. The molecule has 0 N–H and O–H groups in total. The minimum Gasteiger partial charge on any atom is -0.0912 e. The van der Waals surface area contributed by atoms with Gasteiger partial charge in [0.1, 0.15) is 0 Å². The summed E-state index contributed by atoms with van der Waals surface area (Å²) in [6, 6.07) is 22.3. The molecule has 0 nitrogen and oxygen atoms in total. The number of aryl methyl sites for hydroxylation is 1. The molecular formula is C26H25I. The summed E-state index contributed by atoms with van der Waals surface area (Å²) < 4.78 is 1.31. The smallest absolute Gasteiger partial charge is 0.0159 e. The highest BCUT2D eigenvalue weighted by Crippen LogP contribution is 2.49. The molecule has 0 unspecified atom stereocenters. The molecule has 136 valence electrons. The van der Waals surface area contributed by atoms with Crippen molar-refractivity contribution in [1.82, 2.24) is 0 Å². The minimum absolute atomic E-state index is 0.0841. The third-order valence-corrected chi connectivity index (χ3v) is 6.46. The summed E-state index contributed by atoms with van der Waals surface area (Å²) >= 11 is 2.42. The van der Waals surface area contributed by atoms with E-state index in [2.05, 4.69) is 104 Å². The predicted molar refractivity (Wildman–Crippen MR) is 125 cm³/mol. The third-order valence-electron chi connectivity index (χ3n) is 5.79. The summed E-state index contributed by atoms with van der Waals surface area (Å²) in [4.78, 5) is 0. The van der Waals surface area contributed by atoms with Crippen LogP contribution in [0.5, 0.6) is 0 Å². The normalized spacial score (nSPS) is 14.9. The quantitative estimate of drug-likeness (QED) is 0.338. The van der Waals surface area contributed by atoms with Crippen LogP contribution in [-0.2, 0) is 11.8 Å². The summed E-state index contributed by atoms with van der Waals surface area (Å²) in [5, 5.41) is 2.38. The Labute approximate surface area is 175 Å². The minimum atomic E-state index is 0.0841. The van der Waals surface area contributed by atoms with Gasteiger partial charge in [-0.05, 0) is 92.2 Å². The lowest BCUT2D eigenvalue weighted by Gasteiger charge is -2.22. The Kier molecular flexibility index (Phi) is 4.98. The van der Waals surface area contributed by atoms with Gasteiger partial charge >= 0.3 is 0 Å². The molecule has 3 aromatic rings. The van der Waals surface area contributed by atoms with Crippen molar-refractivity contribution in [3.8, 4) is 11.1 Å². The molecule has 0 bridgehead atoms. The maximum atomic E-state index is 4.11. The first kappa shape index (κ1) is 18.5. The molecule has 0 saturated heterocycles. The fourth-order valence-corrected chi connectivity index (χ4v) is 4.70. The van der Waals surface area contributed by atoms with Gasteiger partial charge in [-0.15, -0.1) is 0 Å². The van der Waals surface area contributed by atoms with Crippen LogP contribution in [0.1, 0.15) is 43.4 Å². The van der Waals surface area contributed by atoms with Gasteiger partial charge in [0.2, 0.25) is 0 Å². The maximum absolute atomic E-state index is 4.11. The SMILES string of the molecule is C=c1cccc/c1=C/CCCc1ccc2c(c1)C(C)(C)c1cc(I)ccc1-2. The highest BCUT2D eigenvalue weighted by molar-refractivity contribution is 14.1. The second-order valence-corrected chi connectivity index (χ2v) is 9.24. The maximum Gasteiger partial charge on any atom is 0.0159 e. The fourth-order valence-electron chi connectivity index (χ4n) is 4.21. The van der Waals surface area contributed by atoms with E-state index in [0.29, 0.717) is 0 Å². The van der Waals surface area contributed by atoms with E-state index in [1.807, 2.05) is 6.07 Å². The molecule has 3 aromatic carbocycles. The lowest BCUT2D eigenvalue weighted by molar-refractivity contribution is 0.658.